The smallest absolute Gasteiger partial charge is 0.309 e. The molecule has 0 saturated carbocycles. The third-order valence-corrected chi connectivity index (χ3v) is 9.11. The summed E-state index contributed by atoms with van der Waals surface area (Å²) in [6.07, 6.45) is 9.89. The zero-order valence-electron chi connectivity index (χ0n) is 21.4. The number of nitrogens with zero attached hydrogens (tertiary/aromatic N) is 2. The topological polar surface area (TPSA) is 74.3 Å². The molecule has 1 aliphatic carbocycles. The van der Waals surface area contributed by atoms with Crippen molar-refractivity contribution in [2.24, 2.45) is 0 Å². The van der Waals surface area contributed by atoms with Gasteiger partial charge in [0.15, 0.2) is 0 Å². The molecule has 0 fully saturated rings. The Balaban J connectivity index is 1.23. The third kappa shape index (κ3) is 5.68. The van der Waals surface area contributed by atoms with E-state index in [1.165, 1.54) is 11.8 Å². The second kappa shape index (κ2) is 11.9. The van der Waals surface area contributed by atoms with E-state index in [-0.39, 0.29) is 23.2 Å². The molecule has 3 amide bonds. The van der Waals surface area contributed by atoms with Crippen molar-refractivity contribution in [1.82, 2.24) is 4.98 Å². The molecule has 6 nitrogen and oxygen atoms in total. The van der Waals surface area contributed by atoms with Crippen molar-refractivity contribution in [2.75, 3.05) is 15.5 Å². The fraction of sp³-hybridized carbons (Fsp3) is 0.0938. The summed E-state index contributed by atoms with van der Waals surface area (Å²) in [5, 5.41) is 5.67. The van der Waals surface area contributed by atoms with Crippen molar-refractivity contribution in [1.29, 1.82) is 0 Å². The minimum Gasteiger partial charge on any atom is -0.309 e. The lowest BCUT2D eigenvalue weighted by Crippen LogP contribution is -2.49. The van der Waals surface area contributed by atoms with E-state index < -0.39 is 5.25 Å². The highest BCUT2D eigenvalue weighted by atomic mass is 32.2. The number of amides is 3. The highest BCUT2D eigenvalue weighted by Crippen LogP contribution is 2.44. The first kappa shape index (κ1) is 26.0. The van der Waals surface area contributed by atoms with Gasteiger partial charge in [-0.15, -0.1) is 23.5 Å². The predicted molar refractivity (Wildman–Crippen MR) is 164 cm³/mol. The van der Waals surface area contributed by atoms with E-state index in [0.29, 0.717) is 11.5 Å². The highest BCUT2D eigenvalue weighted by Gasteiger charge is 2.36. The van der Waals surface area contributed by atoms with Crippen LogP contribution in [0.3, 0.4) is 0 Å². The molecule has 8 heteroatoms. The minimum absolute atomic E-state index is 0.0831. The van der Waals surface area contributed by atoms with Gasteiger partial charge in [0.05, 0.1) is 17.0 Å². The van der Waals surface area contributed by atoms with E-state index in [9.17, 15) is 9.59 Å². The Morgan fingerprint density at radius 2 is 1.65 bits per heavy atom. The maximum atomic E-state index is 13.7. The number of hydrogen-bond acceptors (Lipinski definition) is 5. The number of carbonyl (C=O) groups is 2. The molecule has 3 atom stereocenters. The fourth-order valence-electron chi connectivity index (χ4n) is 4.72. The number of para-hydroxylation sites is 1. The number of urea groups is 1. The van der Waals surface area contributed by atoms with Gasteiger partial charge in [0, 0.05) is 21.7 Å². The Morgan fingerprint density at radius 1 is 0.850 bits per heavy atom. The molecular formula is C32H26N4O2S2. The number of allylic oxidation sites excluding steroid dienone is 2. The number of rotatable bonds is 6. The number of benzene rings is 3. The predicted octanol–water partition coefficient (Wildman–Crippen LogP) is 7.56. The molecule has 1 aliphatic heterocycles. The fourth-order valence-corrected chi connectivity index (χ4v) is 7.06. The van der Waals surface area contributed by atoms with E-state index in [4.69, 9.17) is 0 Å². The molecule has 0 spiro atoms. The van der Waals surface area contributed by atoms with Crippen molar-refractivity contribution >= 4 is 52.7 Å². The van der Waals surface area contributed by atoms with Crippen LogP contribution >= 0.6 is 23.5 Å². The second-order valence-corrected chi connectivity index (χ2v) is 11.6. The number of pyridine rings is 1. The molecule has 6 rings (SSSR count). The normalized spacial score (nSPS) is 17.9. The molecular weight excluding hydrogens is 537 g/mol. The molecule has 3 aromatic carbocycles. The lowest BCUT2D eigenvalue weighted by atomic mass is 10.1. The summed E-state index contributed by atoms with van der Waals surface area (Å²) in [5.74, 6) is 0.329. The van der Waals surface area contributed by atoms with Crippen LogP contribution < -0.4 is 15.5 Å². The summed E-state index contributed by atoms with van der Waals surface area (Å²) in [6, 6.07) is 30.4. The molecule has 2 aliphatic rings. The van der Waals surface area contributed by atoms with Crippen molar-refractivity contribution in [3.63, 3.8) is 0 Å². The lowest BCUT2D eigenvalue weighted by Gasteiger charge is -2.40. The van der Waals surface area contributed by atoms with Crippen LogP contribution in [0.25, 0.3) is 0 Å². The second-order valence-electron chi connectivity index (χ2n) is 9.25. The Bertz CT molecular complexity index is 1580. The number of thioether (sulfide) groups is 2. The molecule has 40 heavy (non-hydrogen) atoms. The molecule has 2 heterocycles. The molecule has 1 aromatic heterocycles. The summed E-state index contributed by atoms with van der Waals surface area (Å²) in [4.78, 5) is 35.1. The monoisotopic (exact) mass is 562 g/mol. The summed E-state index contributed by atoms with van der Waals surface area (Å²) in [5.41, 5.74) is 2.43. The molecule has 3 unspecified atom stereocenters. The van der Waals surface area contributed by atoms with Gasteiger partial charge in [-0.3, -0.25) is 9.69 Å². The van der Waals surface area contributed by atoms with Crippen LogP contribution in [0.2, 0.25) is 0 Å². The summed E-state index contributed by atoms with van der Waals surface area (Å²) < 4.78 is 0. The van der Waals surface area contributed by atoms with E-state index in [1.807, 2.05) is 102 Å². The summed E-state index contributed by atoms with van der Waals surface area (Å²) >= 11 is 3.20. The molecule has 0 bridgehead atoms. The average molecular weight is 563 g/mol. The Hall–Kier alpha value is -4.27. The number of anilines is 3. The van der Waals surface area contributed by atoms with Crippen LogP contribution in [-0.4, -0.2) is 28.2 Å². The molecule has 4 aromatic rings. The standard InChI is InChI=1S/C32H26N4O2S2/c37-31(35-29-19-8-9-20-33-29)30(22-11-2-1-3-12-22)39-24-14-10-13-23(21-24)34-32(38)36-25-15-4-6-17-27(25)40-28-18-7-5-16-26(28)36/h1-21,25,27,30H,(H,34,38)(H,33,35,37). The Labute approximate surface area is 241 Å². The van der Waals surface area contributed by atoms with Gasteiger partial charge in [-0.1, -0.05) is 78.9 Å². The zero-order valence-corrected chi connectivity index (χ0v) is 23.0. The average Bonchev–Trinajstić information content (AvgIpc) is 2.99. The first-order valence-electron chi connectivity index (χ1n) is 12.9. The third-order valence-electron chi connectivity index (χ3n) is 6.56. The minimum atomic E-state index is -0.514. The number of fused-ring (bicyclic) bond motifs is 2. The zero-order chi connectivity index (χ0) is 27.3. The Kier molecular flexibility index (Phi) is 7.70. The van der Waals surface area contributed by atoms with Crippen molar-refractivity contribution in [3.05, 3.63) is 133 Å². The lowest BCUT2D eigenvalue weighted by molar-refractivity contribution is -0.115. The molecule has 0 radical (unpaired) electrons. The van der Waals surface area contributed by atoms with Gasteiger partial charge in [-0.2, -0.15) is 0 Å². The maximum absolute atomic E-state index is 13.7. The van der Waals surface area contributed by atoms with Crippen LogP contribution in [0.5, 0.6) is 0 Å². The van der Waals surface area contributed by atoms with Gasteiger partial charge in [-0.05, 0) is 48.0 Å². The van der Waals surface area contributed by atoms with Gasteiger partial charge in [0.2, 0.25) is 5.91 Å². The molecule has 0 saturated heterocycles. The SMILES string of the molecule is O=C(Nc1ccccn1)C(Sc1cccc(NC(=O)N2c3ccccc3SC3C=CC=CC32)c1)c1ccccc1. The van der Waals surface area contributed by atoms with Gasteiger partial charge in [0.25, 0.3) is 0 Å². The highest BCUT2D eigenvalue weighted by molar-refractivity contribution is 8.00. The molecule has 2 N–H and O–H groups in total. The Morgan fingerprint density at radius 3 is 2.50 bits per heavy atom. The van der Waals surface area contributed by atoms with Crippen LogP contribution in [0.1, 0.15) is 10.8 Å². The van der Waals surface area contributed by atoms with Crippen LogP contribution in [0.4, 0.5) is 22.0 Å². The first-order valence-corrected chi connectivity index (χ1v) is 14.7. The van der Waals surface area contributed by atoms with Crippen LogP contribution in [-0.2, 0) is 4.79 Å². The van der Waals surface area contributed by atoms with Crippen molar-refractivity contribution in [2.45, 2.75) is 26.3 Å². The van der Waals surface area contributed by atoms with E-state index >= 15 is 0 Å². The largest absolute Gasteiger partial charge is 0.326 e. The van der Waals surface area contributed by atoms with Gasteiger partial charge >= 0.3 is 6.03 Å². The van der Waals surface area contributed by atoms with Gasteiger partial charge in [0.1, 0.15) is 11.1 Å². The molecule has 198 valence electrons. The van der Waals surface area contributed by atoms with Crippen molar-refractivity contribution in [3.8, 4) is 0 Å². The van der Waals surface area contributed by atoms with E-state index in [0.717, 1.165) is 21.0 Å². The van der Waals surface area contributed by atoms with E-state index in [2.05, 4.69) is 33.8 Å². The van der Waals surface area contributed by atoms with Crippen LogP contribution in [0.15, 0.2) is 137 Å². The maximum Gasteiger partial charge on any atom is 0.326 e. The van der Waals surface area contributed by atoms with E-state index in [1.54, 1.807) is 24.0 Å². The number of carbonyl (C=O) groups excluding carboxylic acids is 2. The summed E-state index contributed by atoms with van der Waals surface area (Å²) in [7, 11) is 0. The number of nitrogens with one attached hydrogen (secondary N) is 2. The van der Waals surface area contributed by atoms with Gasteiger partial charge in [-0.25, -0.2) is 9.78 Å². The van der Waals surface area contributed by atoms with Gasteiger partial charge < -0.3 is 10.6 Å². The number of aromatic nitrogens is 1. The quantitative estimate of drug-likeness (QED) is 0.237. The van der Waals surface area contributed by atoms with Crippen molar-refractivity contribution < 1.29 is 9.59 Å². The first-order chi connectivity index (χ1) is 19.7. The van der Waals surface area contributed by atoms with Crippen LogP contribution in [0, 0.1) is 0 Å². The summed E-state index contributed by atoms with van der Waals surface area (Å²) in [6.45, 7) is 0. The number of hydrogen-bond donors (Lipinski definition) is 2.